The van der Waals surface area contributed by atoms with Gasteiger partial charge in [-0.3, -0.25) is 0 Å². The Kier molecular flexibility index (Phi) is 10.0. The quantitative estimate of drug-likeness (QED) is 0.392. The van der Waals surface area contributed by atoms with Crippen LogP contribution in [0.2, 0.25) is 18.1 Å². The van der Waals surface area contributed by atoms with E-state index in [1.54, 1.807) is 13.8 Å². The molecule has 0 heterocycles. The van der Waals surface area contributed by atoms with Crippen molar-refractivity contribution in [1.82, 2.24) is 0 Å². The summed E-state index contributed by atoms with van der Waals surface area (Å²) in [6.45, 7) is 16.2. The summed E-state index contributed by atoms with van der Waals surface area (Å²) in [5.74, 6) is 1.31. The summed E-state index contributed by atoms with van der Waals surface area (Å²) in [6, 6.07) is 2.67. The standard InChI is InChI=1S/C17H34N2O4Si/c1-12(2)9-24(10-13(3)4,11-14(5)6)23-17(21)19-18-16(20)22-15(7)8/h12-15H,9-11H2,1-8H3/b19-18+. The number of nitrogens with zero attached hydrogens (tertiary/aromatic N) is 2. The van der Waals surface area contributed by atoms with E-state index in [4.69, 9.17) is 9.16 Å². The van der Waals surface area contributed by atoms with Crippen LogP contribution in [0.5, 0.6) is 0 Å². The van der Waals surface area contributed by atoms with Gasteiger partial charge in [0.05, 0.1) is 6.10 Å². The van der Waals surface area contributed by atoms with Gasteiger partial charge in [-0.1, -0.05) is 51.8 Å². The van der Waals surface area contributed by atoms with Crippen LogP contribution < -0.4 is 0 Å². The first-order valence-corrected chi connectivity index (χ1v) is 11.3. The van der Waals surface area contributed by atoms with E-state index in [2.05, 4.69) is 51.8 Å². The second-order valence-corrected chi connectivity index (χ2v) is 11.8. The molecule has 0 aliphatic heterocycles. The lowest BCUT2D eigenvalue weighted by atomic mass is 10.2. The molecule has 0 bridgehead atoms. The fourth-order valence-corrected chi connectivity index (χ4v) is 8.74. The molecule has 0 aliphatic carbocycles. The molecule has 2 amide bonds. The van der Waals surface area contributed by atoms with Crippen molar-refractivity contribution in [2.24, 2.45) is 28.0 Å². The lowest BCUT2D eigenvalue weighted by Crippen LogP contribution is -2.43. The van der Waals surface area contributed by atoms with Gasteiger partial charge in [0.2, 0.25) is 0 Å². The molecule has 0 saturated carbocycles. The number of hydrogen-bond donors (Lipinski definition) is 0. The predicted octanol–water partition coefficient (Wildman–Crippen LogP) is 6.03. The second-order valence-electron chi connectivity index (χ2n) is 7.98. The monoisotopic (exact) mass is 358 g/mol. The molecular weight excluding hydrogens is 324 g/mol. The Hall–Kier alpha value is -1.24. The summed E-state index contributed by atoms with van der Waals surface area (Å²) in [5.41, 5.74) is 0. The van der Waals surface area contributed by atoms with E-state index in [1.807, 2.05) is 0 Å². The Morgan fingerprint density at radius 3 is 1.46 bits per heavy atom. The van der Waals surface area contributed by atoms with Gasteiger partial charge >= 0.3 is 12.2 Å². The van der Waals surface area contributed by atoms with Crippen molar-refractivity contribution in [3.8, 4) is 0 Å². The first-order valence-electron chi connectivity index (χ1n) is 8.81. The molecule has 140 valence electrons. The maximum atomic E-state index is 12.1. The Balaban J connectivity index is 5.16. The van der Waals surface area contributed by atoms with Crippen LogP contribution in [0.4, 0.5) is 9.59 Å². The third kappa shape index (κ3) is 10.5. The van der Waals surface area contributed by atoms with E-state index in [1.165, 1.54) is 0 Å². The third-order valence-electron chi connectivity index (χ3n) is 3.19. The zero-order chi connectivity index (χ0) is 18.9. The van der Waals surface area contributed by atoms with Crippen molar-refractivity contribution in [1.29, 1.82) is 0 Å². The third-order valence-corrected chi connectivity index (χ3v) is 8.48. The van der Waals surface area contributed by atoms with Gasteiger partial charge in [0.1, 0.15) is 0 Å². The zero-order valence-corrected chi connectivity index (χ0v) is 17.5. The summed E-state index contributed by atoms with van der Waals surface area (Å²) in [6.07, 6.45) is -1.95. The SMILES string of the molecule is CC(C)C[Si](CC(C)C)(CC(C)C)OC(=O)/N=N/C(=O)OC(C)C. The molecular formula is C17H34N2O4Si. The topological polar surface area (TPSA) is 77.3 Å². The molecule has 0 rings (SSSR count). The highest BCUT2D eigenvalue weighted by Gasteiger charge is 2.40. The number of carbonyl (C=O) groups excluding carboxylic acids is 2. The number of ether oxygens (including phenoxy) is 1. The van der Waals surface area contributed by atoms with Gasteiger partial charge in [0, 0.05) is 0 Å². The number of carbonyl (C=O) groups is 2. The lowest BCUT2D eigenvalue weighted by Gasteiger charge is -2.34. The van der Waals surface area contributed by atoms with Crippen molar-refractivity contribution in [2.75, 3.05) is 0 Å². The minimum Gasteiger partial charge on any atom is -0.501 e. The molecule has 0 aromatic carbocycles. The molecule has 0 fully saturated rings. The van der Waals surface area contributed by atoms with Crippen molar-refractivity contribution in [3.05, 3.63) is 0 Å². The average Bonchev–Trinajstić information content (AvgIpc) is 2.32. The molecule has 0 saturated heterocycles. The minimum absolute atomic E-state index is 0.302. The highest BCUT2D eigenvalue weighted by atomic mass is 28.4. The van der Waals surface area contributed by atoms with Gasteiger partial charge in [-0.15, -0.1) is 0 Å². The van der Waals surface area contributed by atoms with Crippen LogP contribution >= 0.6 is 0 Å². The Morgan fingerprint density at radius 2 is 1.12 bits per heavy atom. The van der Waals surface area contributed by atoms with Crippen LogP contribution in [0, 0.1) is 17.8 Å². The van der Waals surface area contributed by atoms with Crippen LogP contribution in [-0.4, -0.2) is 26.6 Å². The Bertz CT molecular complexity index is 408. The van der Waals surface area contributed by atoms with Crippen molar-refractivity contribution >= 4 is 20.5 Å². The fraction of sp³-hybridized carbons (Fsp3) is 0.882. The van der Waals surface area contributed by atoms with Crippen LogP contribution in [0.3, 0.4) is 0 Å². The Labute approximate surface area is 147 Å². The smallest absolute Gasteiger partial charge is 0.452 e. The van der Waals surface area contributed by atoms with Gasteiger partial charge in [-0.05, 0) is 49.7 Å². The maximum absolute atomic E-state index is 12.1. The zero-order valence-electron chi connectivity index (χ0n) is 16.5. The van der Waals surface area contributed by atoms with Gasteiger partial charge in [-0.2, -0.15) is 0 Å². The molecule has 24 heavy (non-hydrogen) atoms. The second kappa shape index (κ2) is 10.6. The van der Waals surface area contributed by atoms with Crippen LogP contribution in [0.15, 0.2) is 10.2 Å². The number of rotatable bonds is 8. The largest absolute Gasteiger partial charge is 0.501 e. The van der Waals surface area contributed by atoms with Gasteiger partial charge in [0.15, 0.2) is 0 Å². The first kappa shape index (κ1) is 22.8. The van der Waals surface area contributed by atoms with Gasteiger partial charge in [0.25, 0.3) is 8.32 Å². The molecule has 0 unspecified atom stereocenters. The van der Waals surface area contributed by atoms with E-state index in [0.29, 0.717) is 17.8 Å². The number of amides is 2. The number of azo groups is 1. The summed E-state index contributed by atoms with van der Waals surface area (Å²) in [5, 5.41) is 6.71. The molecule has 6 nitrogen and oxygen atoms in total. The van der Waals surface area contributed by atoms with E-state index >= 15 is 0 Å². The van der Waals surface area contributed by atoms with Crippen LogP contribution in [-0.2, 0) is 9.16 Å². The number of hydrogen-bond acceptors (Lipinski definition) is 4. The fourth-order valence-electron chi connectivity index (χ4n) is 3.12. The summed E-state index contributed by atoms with van der Waals surface area (Å²) >= 11 is 0. The molecule has 0 aliphatic rings. The van der Waals surface area contributed by atoms with Gasteiger partial charge < -0.3 is 9.16 Å². The average molecular weight is 359 g/mol. The summed E-state index contributed by atoms with van der Waals surface area (Å²) in [7, 11) is -2.31. The van der Waals surface area contributed by atoms with E-state index < -0.39 is 20.5 Å². The molecule has 0 aromatic rings. The normalized spacial score (nSPS) is 12.7. The van der Waals surface area contributed by atoms with Gasteiger partial charge in [-0.25, -0.2) is 9.59 Å². The minimum atomic E-state index is -2.31. The van der Waals surface area contributed by atoms with Crippen molar-refractivity contribution in [2.45, 2.75) is 79.6 Å². The summed E-state index contributed by atoms with van der Waals surface area (Å²) in [4.78, 5) is 23.5. The van der Waals surface area contributed by atoms with Crippen molar-refractivity contribution < 1.29 is 18.8 Å². The van der Waals surface area contributed by atoms with E-state index in [9.17, 15) is 9.59 Å². The predicted molar refractivity (Wildman–Crippen MR) is 97.6 cm³/mol. The molecule has 0 spiro atoms. The van der Waals surface area contributed by atoms with E-state index in [-0.39, 0.29) is 6.10 Å². The maximum Gasteiger partial charge on any atom is 0.452 e. The summed E-state index contributed by atoms with van der Waals surface area (Å²) < 4.78 is 10.7. The Morgan fingerprint density at radius 1 is 0.750 bits per heavy atom. The first-order chi connectivity index (χ1) is 11.0. The lowest BCUT2D eigenvalue weighted by molar-refractivity contribution is 0.123. The molecule has 7 heteroatoms. The molecule has 0 aromatic heterocycles. The highest BCUT2D eigenvalue weighted by Crippen LogP contribution is 2.33. The van der Waals surface area contributed by atoms with Crippen LogP contribution in [0.1, 0.15) is 55.4 Å². The van der Waals surface area contributed by atoms with Crippen LogP contribution in [0.25, 0.3) is 0 Å². The highest BCUT2D eigenvalue weighted by molar-refractivity contribution is 6.75. The van der Waals surface area contributed by atoms with E-state index in [0.717, 1.165) is 18.1 Å². The molecule has 0 radical (unpaired) electrons. The molecule has 0 N–H and O–H groups in total. The molecule has 0 atom stereocenters. The van der Waals surface area contributed by atoms with Crippen molar-refractivity contribution in [3.63, 3.8) is 0 Å².